The summed E-state index contributed by atoms with van der Waals surface area (Å²) in [6.45, 7) is 2.17. The van der Waals surface area contributed by atoms with Crippen LogP contribution in [0.1, 0.15) is 19.8 Å². The van der Waals surface area contributed by atoms with Gasteiger partial charge in [-0.15, -0.1) is 0 Å². The minimum Gasteiger partial charge on any atom is -0.175 e. The van der Waals surface area contributed by atoms with Crippen LogP contribution in [0.2, 0.25) is 0 Å². The normalized spacial score (nSPS) is 10.6. The van der Waals surface area contributed by atoms with Crippen LogP contribution in [0.5, 0.6) is 0 Å². The largest absolute Gasteiger partial charge is 0.175 e. The van der Waals surface area contributed by atoms with Gasteiger partial charge in [-0.1, -0.05) is 25.5 Å². The van der Waals surface area contributed by atoms with Crippen LogP contribution in [-0.2, 0) is 0 Å². The lowest BCUT2D eigenvalue weighted by atomic mass is 10.3. The second-order valence-corrected chi connectivity index (χ2v) is 1.81. The van der Waals surface area contributed by atoms with Crippen molar-refractivity contribution in [2.75, 3.05) is 5.75 Å². The van der Waals surface area contributed by atoms with Crippen molar-refractivity contribution in [3.05, 3.63) is 12.2 Å². The van der Waals surface area contributed by atoms with E-state index >= 15 is 0 Å². The lowest BCUT2D eigenvalue weighted by molar-refractivity contribution is 0.957. The SMILES string of the molecule is CCC/C=C/CS. The van der Waals surface area contributed by atoms with Crippen LogP contribution in [0, 0.1) is 0 Å². The fourth-order valence-corrected chi connectivity index (χ4v) is 0.508. The summed E-state index contributed by atoms with van der Waals surface area (Å²) in [5, 5.41) is 0. The molecule has 0 saturated heterocycles. The Hall–Kier alpha value is 0.0900. The number of rotatable bonds is 3. The first kappa shape index (κ1) is 7.09. The average Bonchev–Trinajstić information content (AvgIpc) is 1.69. The van der Waals surface area contributed by atoms with Gasteiger partial charge in [-0.3, -0.25) is 0 Å². The zero-order valence-electron chi connectivity index (χ0n) is 4.72. The van der Waals surface area contributed by atoms with Gasteiger partial charge in [0.2, 0.25) is 0 Å². The highest BCUT2D eigenvalue weighted by Crippen LogP contribution is 1.87. The Bertz CT molecular complexity index is 48.1. The third kappa shape index (κ3) is 6.09. The third-order valence-electron chi connectivity index (χ3n) is 0.727. The molecule has 0 atom stereocenters. The van der Waals surface area contributed by atoms with Crippen molar-refractivity contribution in [1.29, 1.82) is 0 Å². The number of thiol groups is 1. The van der Waals surface area contributed by atoms with Gasteiger partial charge >= 0.3 is 0 Å². The molecule has 0 rings (SSSR count). The van der Waals surface area contributed by atoms with Crippen LogP contribution in [-0.4, -0.2) is 5.75 Å². The molecule has 0 aliphatic rings. The molecule has 0 radical (unpaired) electrons. The molecule has 0 aromatic rings. The number of hydrogen-bond acceptors (Lipinski definition) is 1. The van der Waals surface area contributed by atoms with Crippen LogP contribution in [0.25, 0.3) is 0 Å². The molecule has 0 bridgehead atoms. The Morgan fingerprint density at radius 2 is 2.14 bits per heavy atom. The van der Waals surface area contributed by atoms with Crippen LogP contribution < -0.4 is 0 Å². The van der Waals surface area contributed by atoms with Crippen molar-refractivity contribution in [3.63, 3.8) is 0 Å². The molecule has 0 heterocycles. The predicted octanol–water partition coefficient (Wildman–Crippen LogP) is 2.27. The van der Waals surface area contributed by atoms with Crippen molar-refractivity contribution >= 4 is 12.6 Å². The molecule has 0 fully saturated rings. The molecule has 0 saturated carbocycles. The Morgan fingerprint density at radius 1 is 1.43 bits per heavy atom. The van der Waals surface area contributed by atoms with E-state index in [0.29, 0.717) is 0 Å². The molecule has 7 heavy (non-hydrogen) atoms. The second kappa shape index (κ2) is 6.09. The maximum Gasteiger partial charge on any atom is 0.00825 e. The quantitative estimate of drug-likeness (QED) is 0.424. The number of allylic oxidation sites excluding steroid dienone is 1. The molecule has 1 heteroatoms. The highest BCUT2D eigenvalue weighted by atomic mass is 32.1. The Balaban J connectivity index is 2.78. The second-order valence-electron chi connectivity index (χ2n) is 1.44. The molecule has 0 nitrogen and oxygen atoms in total. The van der Waals surface area contributed by atoms with Crippen molar-refractivity contribution in [2.45, 2.75) is 19.8 Å². The number of hydrogen-bond donors (Lipinski definition) is 1. The zero-order valence-corrected chi connectivity index (χ0v) is 5.62. The van der Waals surface area contributed by atoms with Crippen molar-refractivity contribution < 1.29 is 0 Å². The smallest absolute Gasteiger partial charge is 0.00825 e. The van der Waals surface area contributed by atoms with Gasteiger partial charge < -0.3 is 0 Å². The van der Waals surface area contributed by atoms with E-state index in [1.165, 1.54) is 12.8 Å². The molecule has 0 spiro atoms. The van der Waals surface area contributed by atoms with Gasteiger partial charge in [0.1, 0.15) is 0 Å². The van der Waals surface area contributed by atoms with Gasteiger partial charge in [0.15, 0.2) is 0 Å². The highest BCUT2D eigenvalue weighted by Gasteiger charge is 1.68. The molecule has 0 aliphatic carbocycles. The summed E-state index contributed by atoms with van der Waals surface area (Å²) in [5.41, 5.74) is 0. The highest BCUT2D eigenvalue weighted by molar-refractivity contribution is 7.80. The van der Waals surface area contributed by atoms with E-state index in [1.54, 1.807) is 0 Å². The molecular formula is C6H12S. The fourth-order valence-electron chi connectivity index (χ4n) is 0.359. The van der Waals surface area contributed by atoms with Crippen LogP contribution in [0.15, 0.2) is 12.2 Å². The predicted molar refractivity (Wildman–Crippen MR) is 37.9 cm³/mol. The summed E-state index contributed by atoms with van der Waals surface area (Å²) >= 11 is 4.01. The number of unbranched alkanes of at least 4 members (excludes halogenated alkanes) is 1. The molecule has 0 N–H and O–H groups in total. The lowest BCUT2D eigenvalue weighted by Crippen LogP contribution is -1.61. The Labute approximate surface area is 51.0 Å². The van der Waals surface area contributed by atoms with Gasteiger partial charge in [-0.2, -0.15) is 12.6 Å². The summed E-state index contributed by atoms with van der Waals surface area (Å²) in [7, 11) is 0. The minimum atomic E-state index is 0.875. The van der Waals surface area contributed by atoms with E-state index in [2.05, 4.69) is 31.7 Å². The zero-order chi connectivity index (χ0) is 5.54. The Kier molecular flexibility index (Phi) is 6.17. The van der Waals surface area contributed by atoms with E-state index < -0.39 is 0 Å². The van der Waals surface area contributed by atoms with Gasteiger partial charge in [-0.05, 0) is 6.42 Å². The van der Waals surface area contributed by atoms with E-state index in [4.69, 9.17) is 0 Å². The monoisotopic (exact) mass is 116 g/mol. The summed E-state index contributed by atoms with van der Waals surface area (Å²) in [6, 6.07) is 0. The van der Waals surface area contributed by atoms with Crippen LogP contribution in [0.3, 0.4) is 0 Å². The molecule has 0 aromatic carbocycles. The molecule has 0 amide bonds. The van der Waals surface area contributed by atoms with Crippen LogP contribution >= 0.6 is 12.6 Å². The van der Waals surface area contributed by atoms with Gasteiger partial charge in [0, 0.05) is 5.75 Å². The first-order valence-electron chi connectivity index (χ1n) is 2.67. The summed E-state index contributed by atoms with van der Waals surface area (Å²) in [5.74, 6) is 0.875. The van der Waals surface area contributed by atoms with Crippen molar-refractivity contribution in [3.8, 4) is 0 Å². The van der Waals surface area contributed by atoms with E-state index in [9.17, 15) is 0 Å². The van der Waals surface area contributed by atoms with Gasteiger partial charge in [-0.25, -0.2) is 0 Å². The maximum absolute atomic E-state index is 4.01. The third-order valence-corrected chi connectivity index (χ3v) is 0.938. The fraction of sp³-hybridized carbons (Fsp3) is 0.667. The first-order valence-corrected chi connectivity index (χ1v) is 3.31. The summed E-state index contributed by atoms with van der Waals surface area (Å²) in [6.07, 6.45) is 6.67. The van der Waals surface area contributed by atoms with Crippen molar-refractivity contribution in [1.82, 2.24) is 0 Å². The minimum absolute atomic E-state index is 0.875. The van der Waals surface area contributed by atoms with Crippen LogP contribution in [0.4, 0.5) is 0 Å². The summed E-state index contributed by atoms with van der Waals surface area (Å²) in [4.78, 5) is 0. The Morgan fingerprint density at radius 3 is 2.57 bits per heavy atom. The molecule has 0 unspecified atom stereocenters. The van der Waals surface area contributed by atoms with E-state index in [0.717, 1.165) is 5.75 Å². The maximum atomic E-state index is 4.01. The van der Waals surface area contributed by atoms with E-state index in [1.807, 2.05) is 0 Å². The topological polar surface area (TPSA) is 0 Å². The van der Waals surface area contributed by atoms with E-state index in [-0.39, 0.29) is 0 Å². The average molecular weight is 116 g/mol. The molecular weight excluding hydrogens is 104 g/mol. The van der Waals surface area contributed by atoms with Gasteiger partial charge in [0.05, 0.1) is 0 Å². The molecule has 42 valence electrons. The molecule has 0 aliphatic heterocycles. The first-order chi connectivity index (χ1) is 3.41. The lowest BCUT2D eigenvalue weighted by Gasteiger charge is -1.79. The summed E-state index contributed by atoms with van der Waals surface area (Å²) < 4.78 is 0. The standard InChI is InChI=1S/C6H12S/c1-2-3-4-5-6-7/h4-5,7H,2-3,6H2,1H3/b5-4+. The van der Waals surface area contributed by atoms with Crippen molar-refractivity contribution in [2.24, 2.45) is 0 Å². The van der Waals surface area contributed by atoms with Gasteiger partial charge in [0.25, 0.3) is 0 Å². The molecule has 0 aromatic heterocycles.